The van der Waals surface area contributed by atoms with Crippen LogP contribution in [0.3, 0.4) is 0 Å². The summed E-state index contributed by atoms with van der Waals surface area (Å²) in [4.78, 5) is 15.1. The molecule has 7 nitrogen and oxygen atoms in total. The topological polar surface area (TPSA) is 87.7 Å². The van der Waals surface area contributed by atoms with Gasteiger partial charge in [0.15, 0.2) is 0 Å². The molecule has 1 amide bonds. The number of para-hydroxylation sites is 3. The van der Waals surface area contributed by atoms with Crippen LogP contribution in [0, 0.1) is 0 Å². The number of rotatable bonds is 6. The molecule has 0 spiro atoms. The molecule has 1 aliphatic rings. The number of amides is 1. The summed E-state index contributed by atoms with van der Waals surface area (Å²) in [7, 11) is -4.09. The first kappa shape index (κ1) is 23.4. The lowest BCUT2D eigenvalue weighted by molar-refractivity contribution is 0.102. The van der Waals surface area contributed by atoms with Gasteiger partial charge in [-0.1, -0.05) is 47.5 Å². The van der Waals surface area contributed by atoms with Crippen LogP contribution in [0.5, 0.6) is 0 Å². The standard InChI is InChI=1S/C23H21Cl2N3O4S/c24-16-9-10-18(25)22(15-16)33(30,31)27-19-6-2-1-5-17(19)23(29)26-20-7-3-4-8-21(20)28-11-13-32-14-12-28/h1-10,15,27H,11-14H2,(H,26,29). The molecule has 0 aromatic heterocycles. The highest BCUT2D eigenvalue weighted by atomic mass is 35.5. The number of carbonyl (C=O) groups excluding carboxylic acids is 1. The predicted octanol–water partition coefficient (Wildman–Crippen LogP) is 4.88. The van der Waals surface area contributed by atoms with E-state index in [1.165, 1.54) is 24.3 Å². The van der Waals surface area contributed by atoms with E-state index in [1.807, 2.05) is 18.2 Å². The molecule has 33 heavy (non-hydrogen) atoms. The first-order valence-corrected chi connectivity index (χ1v) is 12.4. The van der Waals surface area contributed by atoms with Crippen LogP contribution >= 0.6 is 23.2 Å². The molecular weight excluding hydrogens is 485 g/mol. The normalized spacial score (nSPS) is 14.1. The van der Waals surface area contributed by atoms with Gasteiger partial charge in [-0.15, -0.1) is 0 Å². The number of anilines is 3. The molecule has 0 bridgehead atoms. The lowest BCUT2D eigenvalue weighted by Gasteiger charge is -2.30. The molecule has 0 aliphatic carbocycles. The number of hydrogen-bond donors (Lipinski definition) is 2. The number of benzene rings is 3. The van der Waals surface area contributed by atoms with Gasteiger partial charge >= 0.3 is 0 Å². The summed E-state index contributed by atoms with van der Waals surface area (Å²) < 4.78 is 33.8. The zero-order valence-electron chi connectivity index (χ0n) is 17.4. The van der Waals surface area contributed by atoms with Crippen molar-refractivity contribution in [3.8, 4) is 0 Å². The molecule has 0 radical (unpaired) electrons. The van der Waals surface area contributed by atoms with Gasteiger partial charge in [-0.3, -0.25) is 9.52 Å². The SMILES string of the molecule is O=C(Nc1ccccc1N1CCOCC1)c1ccccc1NS(=O)(=O)c1cc(Cl)ccc1Cl. The molecule has 3 aromatic rings. The zero-order chi connectivity index (χ0) is 23.4. The lowest BCUT2D eigenvalue weighted by atomic mass is 10.1. The highest BCUT2D eigenvalue weighted by Crippen LogP contribution is 2.30. The highest BCUT2D eigenvalue weighted by molar-refractivity contribution is 7.92. The third-order valence-electron chi connectivity index (χ3n) is 5.10. The second-order valence-electron chi connectivity index (χ2n) is 7.30. The van der Waals surface area contributed by atoms with Crippen LogP contribution in [0.25, 0.3) is 0 Å². The van der Waals surface area contributed by atoms with E-state index in [2.05, 4.69) is 14.9 Å². The molecule has 172 valence electrons. The Hall–Kier alpha value is -2.78. The van der Waals surface area contributed by atoms with Crippen molar-refractivity contribution < 1.29 is 17.9 Å². The van der Waals surface area contributed by atoms with Gasteiger partial charge < -0.3 is 15.0 Å². The Balaban J connectivity index is 1.61. The third-order valence-corrected chi connectivity index (χ3v) is 7.18. The minimum absolute atomic E-state index is 0.0215. The number of nitrogens with one attached hydrogen (secondary N) is 2. The Morgan fingerprint density at radius 3 is 2.33 bits per heavy atom. The van der Waals surface area contributed by atoms with Gasteiger partial charge in [0.2, 0.25) is 0 Å². The van der Waals surface area contributed by atoms with E-state index in [4.69, 9.17) is 27.9 Å². The van der Waals surface area contributed by atoms with Crippen molar-refractivity contribution in [1.82, 2.24) is 0 Å². The van der Waals surface area contributed by atoms with Gasteiger partial charge in [-0.2, -0.15) is 0 Å². The molecule has 1 aliphatic heterocycles. The molecule has 2 N–H and O–H groups in total. The van der Waals surface area contributed by atoms with Crippen molar-refractivity contribution in [2.24, 2.45) is 0 Å². The van der Waals surface area contributed by atoms with Crippen molar-refractivity contribution in [1.29, 1.82) is 0 Å². The van der Waals surface area contributed by atoms with E-state index in [-0.39, 0.29) is 26.2 Å². The highest BCUT2D eigenvalue weighted by Gasteiger charge is 2.22. The van der Waals surface area contributed by atoms with Gasteiger partial charge in [-0.05, 0) is 42.5 Å². The Morgan fingerprint density at radius 2 is 1.58 bits per heavy atom. The van der Waals surface area contributed by atoms with Crippen LogP contribution in [-0.4, -0.2) is 40.6 Å². The van der Waals surface area contributed by atoms with Crippen molar-refractivity contribution >= 4 is 56.2 Å². The number of morpholine rings is 1. The minimum atomic E-state index is -4.09. The van der Waals surface area contributed by atoms with Crippen molar-refractivity contribution in [3.05, 3.63) is 82.3 Å². The van der Waals surface area contributed by atoms with Gasteiger partial charge in [-0.25, -0.2) is 8.42 Å². The van der Waals surface area contributed by atoms with Gasteiger partial charge in [0.1, 0.15) is 4.90 Å². The molecule has 0 atom stereocenters. The van der Waals surface area contributed by atoms with E-state index in [9.17, 15) is 13.2 Å². The Morgan fingerprint density at radius 1 is 0.909 bits per heavy atom. The van der Waals surface area contributed by atoms with Crippen LogP contribution in [0.15, 0.2) is 71.6 Å². The summed E-state index contributed by atoms with van der Waals surface area (Å²) in [5, 5.41) is 3.16. The minimum Gasteiger partial charge on any atom is -0.378 e. The number of halogens is 2. The summed E-state index contributed by atoms with van der Waals surface area (Å²) in [5.74, 6) is -0.453. The first-order chi connectivity index (χ1) is 15.8. The van der Waals surface area contributed by atoms with Crippen LogP contribution in [0.1, 0.15) is 10.4 Å². The number of ether oxygens (including phenoxy) is 1. The smallest absolute Gasteiger partial charge is 0.263 e. The monoisotopic (exact) mass is 505 g/mol. The Kier molecular flexibility index (Phi) is 7.09. The molecule has 3 aromatic carbocycles. The zero-order valence-corrected chi connectivity index (χ0v) is 19.8. The summed E-state index contributed by atoms with van der Waals surface area (Å²) in [5.41, 5.74) is 1.78. The van der Waals surface area contributed by atoms with E-state index < -0.39 is 15.9 Å². The van der Waals surface area contributed by atoms with E-state index in [1.54, 1.807) is 24.3 Å². The lowest BCUT2D eigenvalue weighted by Crippen LogP contribution is -2.36. The molecule has 1 heterocycles. The van der Waals surface area contributed by atoms with E-state index in [0.717, 1.165) is 5.69 Å². The number of carbonyl (C=O) groups is 1. The number of nitrogens with zero attached hydrogens (tertiary/aromatic N) is 1. The molecule has 0 unspecified atom stereocenters. The fraction of sp³-hybridized carbons (Fsp3) is 0.174. The fourth-order valence-electron chi connectivity index (χ4n) is 3.50. The second-order valence-corrected chi connectivity index (χ2v) is 9.79. The average molecular weight is 506 g/mol. The summed E-state index contributed by atoms with van der Waals surface area (Å²) in [6.45, 7) is 2.64. The van der Waals surface area contributed by atoms with Crippen LogP contribution in [0.4, 0.5) is 17.1 Å². The second kappa shape index (κ2) is 10.0. The maximum Gasteiger partial charge on any atom is 0.263 e. The number of hydrogen-bond acceptors (Lipinski definition) is 5. The van der Waals surface area contributed by atoms with E-state index >= 15 is 0 Å². The van der Waals surface area contributed by atoms with Crippen molar-refractivity contribution in [2.45, 2.75) is 4.90 Å². The predicted molar refractivity (Wildman–Crippen MR) is 131 cm³/mol. The van der Waals surface area contributed by atoms with Gasteiger partial charge in [0, 0.05) is 18.1 Å². The van der Waals surface area contributed by atoms with Crippen molar-refractivity contribution in [2.75, 3.05) is 41.2 Å². The average Bonchev–Trinajstić information content (AvgIpc) is 2.81. The van der Waals surface area contributed by atoms with Gasteiger partial charge in [0.05, 0.1) is 40.9 Å². The van der Waals surface area contributed by atoms with Crippen molar-refractivity contribution in [3.63, 3.8) is 0 Å². The fourth-order valence-corrected chi connectivity index (χ4v) is 5.35. The maximum absolute atomic E-state index is 13.2. The molecule has 4 rings (SSSR count). The molecule has 1 fully saturated rings. The quantitative estimate of drug-likeness (QED) is 0.498. The Labute approximate surface area is 202 Å². The summed E-state index contributed by atoms with van der Waals surface area (Å²) in [6.07, 6.45) is 0. The third kappa shape index (κ3) is 5.42. The van der Waals surface area contributed by atoms with Crippen LogP contribution < -0.4 is 14.9 Å². The molecule has 1 saturated heterocycles. The first-order valence-electron chi connectivity index (χ1n) is 10.1. The van der Waals surface area contributed by atoms with Crippen LogP contribution in [-0.2, 0) is 14.8 Å². The summed E-state index contributed by atoms with van der Waals surface area (Å²) in [6, 6.07) is 18.0. The van der Waals surface area contributed by atoms with Gasteiger partial charge in [0.25, 0.3) is 15.9 Å². The van der Waals surface area contributed by atoms with Crippen LogP contribution in [0.2, 0.25) is 10.0 Å². The molecular formula is C23H21Cl2N3O4S. The summed E-state index contributed by atoms with van der Waals surface area (Å²) >= 11 is 12.0. The largest absolute Gasteiger partial charge is 0.378 e. The molecule has 10 heteroatoms. The maximum atomic E-state index is 13.2. The van der Waals surface area contributed by atoms with E-state index in [0.29, 0.717) is 32.0 Å². The number of sulfonamides is 1. The Bertz CT molecular complexity index is 1280. The molecule has 0 saturated carbocycles.